The summed E-state index contributed by atoms with van der Waals surface area (Å²) in [5, 5.41) is 14.5. The number of likely N-dealkylation sites (tertiary alicyclic amines) is 1. The summed E-state index contributed by atoms with van der Waals surface area (Å²) in [7, 11) is 1.76. The highest BCUT2D eigenvalue weighted by molar-refractivity contribution is 5.91. The first-order valence-corrected chi connectivity index (χ1v) is 10.2. The summed E-state index contributed by atoms with van der Waals surface area (Å²) in [4.78, 5) is 2.49. The van der Waals surface area contributed by atoms with Crippen LogP contribution in [0.15, 0.2) is 28.8 Å². The predicted molar refractivity (Wildman–Crippen MR) is 108 cm³/mol. The Morgan fingerprint density at radius 1 is 1.21 bits per heavy atom. The highest BCUT2D eigenvalue weighted by Gasteiger charge is 2.25. The highest BCUT2D eigenvalue weighted by Crippen LogP contribution is 2.32. The lowest BCUT2D eigenvalue weighted by Gasteiger charge is -2.30. The molecule has 0 unspecified atom stereocenters. The molecule has 0 amide bonds. The van der Waals surface area contributed by atoms with Gasteiger partial charge < -0.3 is 14.1 Å². The lowest BCUT2D eigenvalue weighted by Crippen LogP contribution is -2.34. The molecule has 7 nitrogen and oxygen atoms in total. The number of methoxy groups -OCH3 is 1. The van der Waals surface area contributed by atoms with E-state index < -0.39 is 0 Å². The molecule has 3 heterocycles. The fourth-order valence-corrected chi connectivity index (χ4v) is 3.85. The maximum Gasteiger partial charge on any atom is 0.250 e. The zero-order chi connectivity index (χ0) is 19.5. The van der Waals surface area contributed by atoms with E-state index in [-0.39, 0.29) is 0 Å². The van der Waals surface area contributed by atoms with E-state index >= 15 is 0 Å². The molecule has 0 bridgehead atoms. The van der Waals surface area contributed by atoms with E-state index in [0.717, 1.165) is 67.9 Å². The van der Waals surface area contributed by atoms with Crippen LogP contribution < -0.4 is 0 Å². The van der Waals surface area contributed by atoms with Crippen LogP contribution in [0.3, 0.4) is 0 Å². The number of piperidine rings is 1. The minimum absolute atomic E-state index is 0.313. The Hall–Kier alpha value is -2.25. The average Bonchev–Trinajstić information content (AvgIpc) is 3.36. The van der Waals surface area contributed by atoms with Gasteiger partial charge in [0.05, 0.1) is 5.56 Å². The maximum absolute atomic E-state index is 6.11. The summed E-state index contributed by atoms with van der Waals surface area (Å²) < 4.78 is 13.2. The third-order valence-electron chi connectivity index (χ3n) is 5.51. The van der Waals surface area contributed by atoms with Gasteiger partial charge in [-0.3, -0.25) is 4.68 Å². The number of aromatic nitrogens is 4. The van der Waals surface area contributed by atoms with Crippen molar-refractivity contribution in [2.24, 2.45) is 0 Å². The van der Waals surface area contributed by atoms with Gasteiger partial charge in [-0.1, -0.05) is 12.1 Å². The van der Waals surface area contributed by atoms with E-state index in [9.17, 15) is 0 Å². The van der Waals surface area contributed by atoms with Gasteiger partial charge in [-0.15, -0.1) is 10.2 Å². The van der Waals surface area contributed by atoms with E-state index in [1.165, 1.54) is 0 Å². The Balaban J connectivity index is 1.47. The Kier molecular flexibility index (Phi) is 5.73. The van der Waals surface area contributed by atoms with Crippen molar-refractivity contribution in [2.45, 2.75) is 45.1 Å². The number of hydrogen-bond acceptors (Lipinski definition) is 6. The molecular formula is C21H29N5O2. The molecule has 7 heteroatoms. The SMILES string of the molecule is COCCCN1CCC(c2nnc(-c3cccc4cn(C(C)C)nc34)o2)CC1. The van der Waals surface area contributed by atoms with Gasteiger partial charge in [-0.25, -0.2) is 0 Å². The summed E-state index contributed by atoms with van der Waals surface area (Å²) in [5.74, 6) is 1.66. The van der Waals surface area contributed by atoms with Gasteiger partial charge in [0.15, 0.2) is 0 Å². The second kappa shape index (κ2) is 8.41. The van der Waals surface area contributed by atoms with E-state index in [1.807, 2.05) is 16.8 Å². The largest absolute Gasteiger partial charge is 0.420 e. The Morgan fingerprint density at radius 3 is 2.79 bits per heavy atom. The predicted octanol–water partition coefficient (Wildman–Crippen LogP) is 3.88. The van der Waals surface area contributed by atoms with Gasteiger partial charge in [0.25, 0.3) is 0 Å². The van der Waals surface area contributed by atoms with E-state index in [1.54, 1.807) is 7.11 Å². The maximum atomic E-state index is 6.11. The van der Waals surface area contributed by atoms with Gasteiger partial charge in [0.1, 0.15) is 5.52 Å². The van der Waals surface area contributed by atoms with Crippen LogP contribution in [0, 0.1) is 0 Å². The second-order valence-electron chi connectivity index (χ2n) is 7.85. The lowest BCUT2D eigenvalue weighted by atomic mass is 9.97. The van der Waals surface area contributed by atoms with Crippen molar-refractivity contribution in [1.29, 1.82) is 0 Å². The van der Waals surface area contributed by atoms with Gasteiger partial charge in [-0.2, -0.15) is 5.10 Å². The molecule has 28 heavy (non-hydrogen) atoms. The van der Waals surface area contributed by atoms with Crippen LogP contribution in [0.5, 0.6) is 0 Å². The van der Waals surface area contributed by atoms with Crippen LogP contribution in [-0.2, 0) is 4.74 Å². The summed E-state index contributed by atoms with van der Waals surface area (Å²) in [6.07, 6.45) is 5.26. The number of fused-ring (bicyclic) bond motifs is 1. The monoisotopic (exact) mass is 383 g/mol. The average molecular weight is 383 g/mol. The molecule has 0 atom stereocenters. The molecule has 0 N–H and O–H groups in total. The van der Waals surface area contributed by atoms with Crippen molar-refractivity contribution in [2.75, 3.05) is 33.4 Å². The Morgan fingerprint density at radius 2 is 2.04 bits per heavy atom. The molecule has 0 aliphatic carbocycles. The second-order valence-corrected chi connectivity index (χ2v) is 7.85. The van der Waals surface area contributed by atoms with E-state index in [4.69, 9.17) is 14.3 Å². The van der Waals surface area contributed by atoms with Crippen molar-refractivity contribution in [3.05, 3.63) is 30.3 Å². The molecule has 150 valence electrons. The summed E-state index contributed by atoms with van der Waals surface area (Å²) in [6.45, 7) is 8.30. The molecule has 3 aromatic rings. The first-order chi connectivity index (χ1) is 13.7. The minimum atomic E-state index is 0.313. The number of benzene rings is 1. The van der Waals surface area contributed by atoms with E-state index in [2.05, 4.69) is 41.2 Å². The molecule has 4 rings (SSSR count). The molecule has 0 saturated carbocycles. The highest BCUT2D eigenvalue weighted by atomic mass is 16.5. The molecule has 1 aliphatic heterocycles. The molecular weight excluding hydrogens is 354 g/mol. The molecule has 0 radical (unpaired) electrons. The molecule has 1 saturated heterocycles. The van der Waals surface area contributed by atoms with Crippen molar-refractivity contribution in [1.82, 2.24) is 24.9 Å². The van der Waals surface area contributed by atoms with Crippen LogP contribution in [0.2, 0.25) is 0 Å². The van der Waals surface area contributed by atoms with Crippen molar-refractivity contribution >= 4 is 10.9 Å². The van der Waals surface area contributed by atoms with Gasteiger partial charge in [-0.05, 0) is 52.3 Å². The normalized spacial score (nSPS) is 16.4. The number of ether oxygens (including phenoxy) is 1. The number of rotatable bonds is 7. The van der Waals surface area contributed by atoms with Crippen LogP contribution in [0.4, 0.5) is 0 Å². The fourth-order valence-electron chi connectivity index (χ4n) is 3.85. The first kappa shape index (κ1) is 19.1. The molecule has 1 aliphatic rings. The van der Waals surface area contributed by atoms with Gasteiger partial charge in [0.2, 0.25) is 11.8 Å². The van der Waals surface area contributed by atoms with E-state index in [0.29, 0.717) is 17.9 Å². The van der Waals surface area contributed by atoms with Crippen molar-refractivity contribution in [3.63, 3.8) is 0 Å². The number of hydrogen-bond donors (Lipinski definition) is 0. The van der Waals surface area contributed by atoms with Crippen LogP contribution >= 0.6 is 0 Å². The minimum Gasteiger partial charge on any atom is -0.420 e. The Bertz CT molecular complexity index is 909. The molecule has 0 spiro atoms. The zero-order valence-electron chi connectivity index (χ0n) is 17.0. The van der Waals surface area contributed by atoms with Crippen molar-refractivity contribution < 1.29 is 9.15 Å². The van der Waals surface area contributed by atoms with Crippen LogP contribution in [-0.4, -0.2) is 58.2 Å². The fraction of sp³-hybridized carbons (Fsp3) is 0.571. The first-order valence-electron chi connectivity index (χ1n) is 10.2. The van der Waals surface area contributed by atoms with Crippen LogP contribution in [0.25, 0.3) is 22.4 Å². The third kappa shape index (κ3) is 3.95. The molecule has 2 aromatic heterocycles. The number of nitrogens with zero attached hydrogens (tertiary/aromatic N) is 5. The smallest absolute Gasteiger partial charge is 0.250 e. The summed E-state index contributed by atoms with van der Waals surface area (Å²) in [5.41, 5.74) is 1.83. The topological polar surface area (TPSA) is 69.2 Å². The third-order valence-corrected chi connectivity index (χ3v) is 5.51. The Labute approximate surface area is 165 Å². The summed E-state index contributed by atoms with van der Waals surface area (Å²) >= 11 is 0. The lowest BCUT2D eigenvalue weighted by molar-refractivity contribution is 0.154. The summed E-state index contributed by atoms with van der Waals surface area (Å²) in [6, 6.07) is 6.41. The standard InChI is InChI=1S/C21H29N5O2/c1-15(2)26-14-17-6-4-7-18(19(17)24-26)21-23-22-20(28-21)16-8-11-25(12-9-16)10-5-13-27-3/h4,6-7,14-16H,5,8-13H2,1-3H3. The van der Waals surface area contributed by atoms with Gasteiger partial charge >= 0.3 is 0 Å². The zero-order valence-corrected chi connectivity index (χ0v) is 17.0. The quantitative estimate of drug-likeness (QED) is 0.577. The van der Waals surface area contributed by atoms with Gasteiger partial charge in [0, 0.05) is 43.8 Å². The molecule has 1 aromatic carbocycles. The molecule has 1 fully saturated rings. The van der Waals surface area contributed by atoms with Crippen LogP contribution in [0.1, 0.15) is 51.0 Å². The van der Waals surface area contributed by atoms with Crippen molar-refractivity contribution in [3.8, 4) is 11.5 Å².